The molecule has 4 aromatic rings. The predicted molar refractivity (Wildman–Crippen MR) is 105 cm³/mol. The van der Waals surface area contributed by atoms with Gasteiger partial charge in [0.15, 0.2) is 0 Å². The topological polar surface area (TPSA) is 98.2 Å². The maximum Gasteiger partial charge on any atom is 0.256 e. The summed E-state index contributed by atoms with van der Waals surface area (Å²) in [5.74, 6) is -0.529. The minimum absolute atomic E-state index is 0.150. The molecule has 1 aromatic carbocycles. The fraction of sp³-hybridized carbons (Fsp3) is 0.0526. The molecule has 1 amide bonds. The van der Waals surface area contributed by atoms with Crippen LogP contribution in [0.15, 0.2) is 49.1 Å². The van der Waals surface area contributed by atoms with Crippen LogP contribution in [0.1, 0.15) is 15.9 Å². The minimum atomic E-state index is -0.621. The SMILES string of the molecule is Cc1ccnc(NC(=O)c2ccc(-c3ncn4c(Cl)cnc(N)c34)c(F)c2)c1. The third kappa shape index (κ3) is 3.14. The van der Waals surface area contributed by atoms with Crippen LogP contribution in [0.3, 0.4) is 0 Å². The molecule has 0 bridgehead atoms. The molecule has 0 radical (unpaired) electrons. The highest BCUT2D eigenvalue weighted by molar-refractivity contribution is 6.29. The molecule has 0 aliphatic rings. The number of fused-ring (bicyclic) bond motifs is 1. The van der Waals surface area contributed by atoms with E-state index in [-0.39, 0.29) is 22.6 Å². The number of amides is 1. The lowest BCUT2D eigenvalue weighted by molar-refractivity contribution is 0.102. The Labute approximate surface area is 164 Å². The molecule has 4 rings (SSSR count). The number of nitrogens with zero attached hydrogens (tertiary/aromatic N) is 4. The number of hydrogen-bond acceptors (Lipinski definition) is 5. The number of aromatic nitrogens is 4. The third-order valence-electron chi connectivity index (χ3n) is 4.19. The quantitative estimate of drug-likeness (QED) is 0.550. The van der Waals surface area contributed by atoms with Crippen LogP contribution >= 0.6 is 11.6 Å². The van der Waals surface area contributed by atoms with E-state index in [4.69, 9.17) is 17.3 Å². The highest BCUT2D eigenvalue weighted by Crippen LogP contribution is 2.30. The van der Waals surface area contributed by atoms with Gasteiger partial charge in [0.05, 0.1) is 6.20 Å². The molecule has 0 saturated heterocycles. The summed E-state index contributed by atoms with van der Waals surface area (Å²) in [6.45, 7) is 1.88. The molecular formula is C19H14ClFN6O. The van der Waals surface area contributed by atoms with Gasteiger partial charge >= 0.3 is 0 Å². The van der Waals surface area contributed by atoms with Crippen molar-refractivity contribution in [1.29, 1.82) is 0 Å². The molecule has 0 aliphatic heterocycles. The van der Waals surface area contributed by atoms with E-state index in [1.165, 1.54) is 29.1 Å². The molecule has 9 heteroatoms. The first-order valence-corrected chi connectivity index (χ1v) is 8.63. The largest absolute Gasteiger partial charge is 0.382 e. The van der Waals surface area contributed by atoms with Gasteiger partial charge in [0.2, 0.25) is 0 Å². The van der Waals surface area contributed by atoms with Crippen molar-refractivity contribution in [3.63, 3.8) is 0 Å². The Morgan fingerprint density at radius 3 is 2.79 bits per heavy atom. The summed E-state index contributed by atoms with van der Waals surface area (Å²) in [7, 11) is 0. The van der Waals surface area contributed by atoms with Gasteiger partial charge in [-0.3, -0.25) is 9.20 Å². The normalized spacial score (nSPS) is 11.0. The molecule has 0 saturated carbocycles. The Bertz CT molecular complexity index is 1220. The van der Waals surface area contributed by atoms with Crippen molar-refractivity contribution in [1.82, 2.24) is 19.4 Å². The zero-order chi connectivity index (χ0) is 19.8. The molecule has 0 aliphatic carbocycles. The Morgan fingerprint density at radius 1 is 1.21 bits per heavy atom. The highest BCUT2D eigenvalue weighted by Gasteiger charge is 2.18. The van der Waals surface area contributed by atoms with Crippen LogP contribution < -0.4 is 11.1 Å². The Kier molecular flexibility index (Phi) is 4.40. The Morgan fingerprint density at radius 2 is 2.04 bits per heavy atom. The monoisotopic (exact) mass is 396 g/mol. The molecule has 0 unspecified atom stereocenters. The van der Waals surface area contributed by atoms with E-state index in [9.17, 15) is 9.18 Å². The van der Waals surface area contributed by atoms with Crippen molar-refractivity contribution in [2.24, 2.45) is 0 Å². The van der Waals surface area contributed by atoms with Crippen LogP contribution in [-0.4, -0.2) is 25.3 Å². The van der Waals surface area contributed by atoms with Crippen LogP contribution in [0, 0.1) is 12.7 Å². The van der Waals surface area contributed by atoms with Gasteiger partial charge in [0.1, 0.15) is 40.1 Å². The second-order valence-corrected chi connectivity index (χ2v) is 6.53. The highest BCUT2D eigenvalue weighted by atomic mass is 35.5. The summed E-state index contributed by atoms with van der Waals surface area (Å²) in [5, 5.41) is 2.94. The molecule has 3 aromatic heterocycles. The lowest BCUT2D eigenvalue weighted by Gasteiger charge is -2.08. The summed E-state index contributed by atoms with van der Waals surface area (Å²) >= 11 is 6.08. The lowest BCUT2D eigenvalue weighted by Crippen LogP contribution is -2.13. The maximum absolute atomic E-state index is 14.8. The zero-order valence-corrected chi connectivity index (χ0v) is 15.4. The summed E-state index contributed by atoms with van der Waals surface area (Å²) in [6.07, 6.45) is 4.41. The average Bonchev–Trinajstić information content (AvgIpc) is 3.11. The van der Waals surface area contributed by atoms with Crippen molar-refractivity contribution < 1.29 is 9.18 Å². The van der Waals surface area contributed by atoms with Gasteiger partial charge in [-0.15, -0.1) is 0 Å². The number of nitrogens with two attached hydrogens (primary N) is 1. The van der Waals surface area contributed by atoms with E-state index < -0.39 is 11.7 Å². The number of nitrogen functional groups attached to an aromatic ring is 1. The predicted octanol–water partition coefficient (Wildman–Crippen LogP) is 3.73. The molecule has 0 spiro atoms. The van der Waals surface area contributed by atoms with Crippen LogP contribution in [0.5, 0.6) is 0 Å². The minimum Gasteiger partial charge on any atom is -0.382 e. The van der Waals surface area contributed by atoms with Crippen LogP contribution in [0.4, 0.5) is 16.0 Å². The Balaban J connectivity index is 1.69. The summed E-state index contributed by atoms with van der Waals surface area (Å²) in [5.41, 5.74) is 7.88. The van der Waals surface area contributed by atoms with Crippen molar-refractivity contribution in [3.8, 4) is 11.3 Å². The van der Waals surface area contributed by atoms with Gasteiger partial charge in [-0.05, 0) is 42.8 Å². The number of carbonyl (C=O) groups is 1. The first kappa shape index (κ1) is 17.9. The van der Waals surface area contributed by atoms with Crippen molar-refractivity contribution >= 4 is 34.7 Å². The van der Waals surface area contributed by atoms with E-state index in [0.29, 0.717) is 16.5 Å². The number of rotatable bonds is 3. The molecule has 28 heavy (non-hydrogen) atoms. The van der Waals surface area contributed by atoms with E-state index in [2.05, 4.69) is 20.3 Å². The summed E-state index contributed by atoms with van der Waals surface area (Å²) in [6, 6.07) is 7.64. The van der Waals surface area contributed by atoms with Gasteiger partial charge in [-0.1, -0.05) is 11.6 Å². The van der Waals surface area contributed by atoms with Gasteiger partial charge in [0.25, 0.3) is 5.91 Å². The molecule has 7 nitrogen and oxygen atoms in total. The number of pyridine rings is 1. The molecule has 3 heterocycles. The fourth-order valence-electron chi connectivity index (χ4n) is 2.84. The van der Waals surface area contributed by atoms with Gasteiger partial charge in [-0.2, -0.15) is 0 Å². The fourth-order valence-corrected chi connectivity index (χ4v) is 3.02. The lowest BCUT2D eigenvalue weighted by atomic mass is 10.1. The first-order valence-electron chi connectivity index (χ1n) is 8.25. The average molecular weight is 397 g/mol. The summed E-state index contributed by atoms with van der Waals surface area (Å²) in [4.78, 5) is 24.7. The van der Waals surface area contributed by atoms with Crippen molar-refractivity contribution in [3.05, 3.63) is 71.2 Å². The number of nitrogens with one attached hydrogen (secondary N) is 1. The zero-order valence-electron chi connectivity index (χ0n) is 14.6. The number of halogens is 2. The second-order valence-electron chi connectivity index (χ2n) is 6.15. The van der Waals surface area contributed by atoms with Crippen LogP contribution in [-0.2, 0) is 0 Å². The number of hydrogen-bond donors (Lipinski definition) is 2. The van der Waals surface area contributed by atoms with Gasteiger partial charge in [-0.25, -0.2) is 19.3 Å². The molecule has 140 valence electrons. The standard InChI is InChI=1S/C19H14ClFN6O/c1-10-4-5-23-15(6-10)26-19(28)11-2-3-12(13(21)7-11)16-17-18(22)24-8-14(20)27(17)9-25-16/h2-9H,1H3,(H2,22,24)(H,23,26,28). The van der Waals surface area contributed by atoms with E-state index in [1.54, 1.807) is 12.3 Å². The van der Waals surface area contributed by atoms with Gasteiger partial charge in [0, 0.05) is 17.3 Å². The van der Waals surface area contributed by atoms with Crippen LogP contribution in [0.25, 0.3) is 16.8 Å². The molecular weight excluding hydrogens is 383 g/mol. The second kappa shape index (κ2) is 6.90. The smallest absolute Gasteiger partial charge is 0.256 e. The number of benzene rings is 1. The maximum atomic E-state index is 14.8. The summed E-state index contributed by atoms with van der Waals surface area (Å²) < 4.78 is 16.3. The van der Waals surface area contributed by atoms with E-state index >= 15 is 0 Å². The molecule has 0 fully saturated rings. The van der Waals surface area contributed by atoms with Gasteiger partial charge < -0.3 is 11.1 Å². The molecule has 0 atom stereocenters. The first-order chi connectivity index (χ1) is 13.4. The molecule has 3 N–H and O–H groups in total. The number of imidazole rings is 1. The van der Waals surface area contributed by atoms with Crippen molar-refractivity contribution in [2.75, 3.05) is 11.1 Å². The van der Waals surface area contributed by atoms with E-state index in [0.717, 1.165) is 11.6 Å². The Hall–Kier alpha value is -3.52. The van der Waals surface area contributed by atoms with Crippen molar-refractivity contribution in [2.45, 2.75) is 6.92 Å². The number of carbonyl (C=O) groups excluding carboxylic acids is 1. The third-order valence-corrected chi connectivity index (χ3v) is 4.47. The van der Waals surface area contributed by atoms with Crippen LogP contribution in [0.2, 0.25) is 5.15 Å². The number of anilines is 2. The number of aryl methyl sites for hydroxylation is 1. The van der Waals surface area contributed by atoms with E-state index in [1.807, 2.05) is 13.0 Å².